The first-order valence-corrected chi connectivity index (χ1v) is 5.51. The maximum absolute atomic E-state index is 11.5. The lowest BCUT2D eigenvalue weighted by Crippen LogP contribution is -2.10. The maximum atomic E-state index is 11.5. The molecule has 2 aromatic heterocycles. The molecular weight excluding hydrogens is 254 g/mol. The van der Waals surface area contributed by atoms with E-state index >= 15 is 0 Å². The Kier molecular flexibility index (Phi) is 4.55. The zero-order valence-corrected chi connectivity index (χ0v) is 11.2. The van der Waals surface area contributed by atoms with E-state index in [1.807, 2.05) is 23.6 Å². The number of esters is 1. The monoisotopic (exact) mass is 269 g/mol. The molecule has 0 amide bonds. The predicted molar refractivity (Wildman–Crippen MR) is 71.9 cm³/mol. The van der Waals surface area contributed by atoms with E-state index in [-0.39, 0.29) is 24.8 Å². The minimum atomic E-state index is -0.250. The molecule has 0 aliphatic heterocycles. The fourth-order valence-corrected chi connectivity index (χ4v) is 1.81. The van der Waals surface area contributed by atoms with Crippen molar-refractivity contribution in [3.8, 4) is 0 Å². The second-order valence-corrected chi connectivity index (χ2v) is 3.78. The van der Waals surface area contributed by atoms with Gasteiger partial charge in [-0.15, -0.1) is 12.4 Å². The number of rotatable bonds is 3. The van der Waals surface area contributed by atoms with E-state index in [1.165, 1.54) is 0 Å². The Balaban J connectivity index is 0.00000162. The quantitative estimate of drug-likeness (QED) is 0.862. The number of hydrogen-bond acceptors (Lipinski definition) is 4. The number of ether oxygens (including phenoxy) is 1. The molecule has 0 spiro atoms. The van der Waals surface area contributed by atoms with Crippen molar-refractivity contribution in [2.45, 2.75) is 20.3 Å². The SMILES string of the molecule is CCOC(=O)Cc1c(C)nc2c(N)cccn12.Cl. The molecule has 18 heavy (non-hydrogen) atoms. The number of carbonyl (C=O) groups excluding carboxylic acids is 1. The maximum Gasteiger partial charge on any atom is 0.311 e. The summed E-state index contributed by atoms with van der Waals surface area (Å²) in [6.45, 7) is 4.04. The van der Waals surface area contributed by atoms with E-state index in [0.29, 0.717) is 17.9 Å². The summed E-state index contributed by atoms with van der Waals surface area (Å²) in [5, 5.41) is 0. The Morgan fingerprint density at radius 3 is 2.94 bits per heavy atom. The van der Waals surface area contributed by atoms with Gasteiger partial charge in [-0.1, -0.05) is 0 Å². The summed E-state index contributed by atoms with van der Waals surface area (Å²) in [6.07, 6.45) is 2.06. The molecule has 2 heterocycles. The van der Waals surface area contributed by atoms with Crippen LogP contribution in [0.4, 0.5) is 5.69 Å². The second-order valence-electron chi connectivity index (χ2n) is 3.78. The highest BCUT2D eigenvalue weighted by atomic mass is 35.5. The lowest BCUT2D eigenvalue weighted by molar-refractivity contribution is -0.142. The lowest BCUT2D eigenvalue weighted by atomic mass is 10.2. The summed E-state index contributed by atoms with van der Waals surface area (Å²) in [6, 6.07) is 3.62. The Morgan fingerprint density at radius 2 is 2.28 bits per heavy atom. The molecule has 5 nitrogen and oxygen atoms in total. The van der Waals surface area contributed by atoms with Crippen LogP contribution in [0, 0.1) is 6.92 Å². The highest BCUT2D eigenvalue weighted by Crippen LogP contribution is 2.17. The van der Waals surface area contributed by atoms with Crippen LogP contribution in [0.5, 0.6) is 0 Å². The van der Waals surface area contributed by atoms with Gasteiger partial charge in [0.1, 0.15) is 0 Å². The molecule has 2 aromatic rings. The van der Waals surface area contributed by atoms with E-state index in [1.54, 1.807) is 13.0 Å². The predicted octanol–water partition coefficient (Wildman–Crippen LogP) is 1.75. The Bertz CT molecular complexity index is 566. The number of carbonyl (C=O) groups is 1. The van der Waals surface area contributed by atoms with Crippen LogP contribution in [0.25, 0.3) is 5.65 Å². The summed E-state index contributed by atoms with van der Waals surface area (Å²) in [5.74, 6) is -0.250. The highest BCUT2D eigenvalue weighted by molar-refractivity contribution is 5.85. The standard InChI is InChI=1S/C12H15N3O2.ClH/c1-3-17-11(16)7-10-8(2)14-12-9(13)5-4-6-15(10)12;/h4-6H,3,7,13H2,1-2H3;1H. The van der Waals surface area contributed by atoms with Crippen molar-refractivity contribution in [1.82, 2.24) is 9.38 Å². The van der Waals surface area contributed by atoms with Crippen LogP contribution in [-0.4, -0.2) is 22.0 Å². The van der Waals surface area contributed by atoms with Gasteiger partial charge in [-0.3, -0.25) is 4.79 Å². The molecular formula is C12H16ClN3O2. The first-order valence-electron chi connectivity index (χ1n) is 5.51. The van der Waals surface area contributed by atoms with Crippen molar-refractivity contribution >= 4 is 29.7 Å². The third kappa shape index (κ3) is 2.56. The third-order valence-corrected chi connectivity index (χ3v) is 2.60. The van der Waals surface area contributed by atoms with Crippen molar-refractivity contribution in [3.63, 3.8) is 0 Å². The normalized spacial score (nSPS) is 10.1. The molecule has 0 saturated heterocycles. The van der Waals surface area contributed by atoms with Crippen LogP contribution in [0.3, 0.4) is 0 Å². The van der Waals surface area contributed by atoms with Gasteiger partial charge in [-0.05, 0) is 26.0 Å². The second kappa shape index (κ2) is 5.73. The minimum absolute atomic E-state index is 0. The fourth-order valence-electron chi connectivity index (χ4n) is 1.81. The van der Waals surface area contributed by atoms with Crippen LogP contribution < -0.4 is 5.73 Å². The smallest absolute Gasteiger partial charge is 0.311 e. The average Bonchev–Trinajstić information content (AvgIpc) is 2.58. The van der Waals surface area contributed by atoms with Crippen molar-refractivity contribution in [3.05, 3.63) is 29.7 Å². The highest BCUT2D eigenvalue weighted by Gasteiger charge is 2.14. The van der Waals surface area contributed by atoms with Crippen molar-refractivity contribution < 1.29 is 9.53 Å². The van der Waals surface area contributed by atoms with Crippen LogP contribution in [0.15, 0.2) is 18.3 Å². The zero-order valence-electron chi connectivity index (χ0n) is 10.3. The number of nitrogens with zero attached hydrogens (tertiary/aromatic N) is 2. The first kappa shape index (κ1) is 14.3. The van der Waals surface area contributed by atoms with Crippen molar-refractivity contribution in [2.24, 2.45) is 0 Å². The van der Waals surface area contributed by atoms with Gasteiger partial charge >= 0.3 is 5.97 Å². The Labute approximate surface area is 111 Å². The van der Waals surface area contributed by atoms with E-state index in [4.69, 9.17) is 10.5 Å². The zero-order chi connectivity index (χ0) is 12.4. The van der Waals surface area contributed by atoms with Gasteiger partial charge in [0, 0.05) is 6.20 Å². The van der Waals surface area contributed by atoms with Gasteiger partial charge in [0.25, 0.3) is 0 Å². The number of aromatic nitrogens is 2. The number of pyridine rings is 1. The lowest BCUT2D eigenvalue weighted by Gasteiger charge is -2.03. The molecule has 0 unspecified atom stereocenters. The number of halogens is 1. The molecule has 0 bridgehead atoms. The summed E-state index contributed by atoms with van der Waals surface area (Å²) in [7, 11) is 0. The molecule has 2 rings (SSSR count). The summed E-state index contributed by atoms with van der Waals surface area (Å²) in [5.41, 5.74) is 8.74. The molecule has 0 radical (unpaired) electrons. The molecule has 0 saturated carbocycles. The number of hydrogen-bond donors (Lipinski definition) is 1. The summed E-state index contributed by atoms with van der Waals surface area (Å²) >= 11 is 0. The topological polar surface area (TPSA) is 69.6 Å². The van der Waals surface area contributed by atoms with Gasteiger partial charge in [0.15, 0.2) is 5.65 Å². The minimum Gasteiger partial charge on any atom is -0.466 e. The molecule has 0 aliphatic carbocycles. The summed E-state index contributed by atoms with van der Waals surface area (Å²) in [4.78, 5) is 15.9. The summed E-state index contributed by atoms with van der Waals surface area (Å²) < 4.78 is 6.77. The number of aryl methyl sites for hydroxylation is 1. The fraction of sp³-hybridized carbons (Fsp3) is 0.333. The van der Waals surface area contributed by atoms with Gasteiger partial charge in [0.2, 0.25) is 0 Å². The van der Waals surface area contributed by atoms with E-state index in [2.05, 4.69) is 4.98 Å². The molecule has 6 heteroatoms. The molecule has 0 aliphatic rings. The Hall–Kier alpha value is -1.75. The van der Waals surface area contributed by atoms with E-state index in [9.17, 15) is 4.79 Å². The molecule has 0 fully saturated rings. The molecule has 0 aromatic carbocycles. The largest absolute Gasteiger partial charge is 0.466 e. The third-order valence-electron chi connectivity index (χ3n) is 2.60. The van der Waals surface area contributed by atoms with E-state index < -0.39 is 0 Å². The number of nitrogen functional groups attached to an aromatic ring is 1. The number of nitrogens with two attached hydrogens (primary N) is 1. The van der Waals surface area contributed by atoms with Crippen LogP contribution >= 0.6 is 12.4 Å². The number of fused-ring (bicyclic) bond motifs is 1. The average molecular weight is 270 g/mol. The number of imidazole rings is 1. The van der Waals surface area contributed by atoms with Crippen LogP contribution in [-0.2, 0) is 16.0 Å². The van der Waals surface area contributed by atoms with Gasteiger partial charge in [0.05, 0.1) is 30.1 Å². The van der Waals surface area contributed by atoms with Gasteiger partial charge < -0.3 is 14.9 Å². The van der Waals surface area contributed by atoms with Crippen molar-refractivity contribution in [2.75, 3.05) is 12.3 Å². The van der Waals surface area contributed by atoms with Gasteiger partial charge in [-0.2, -0.15) is 0 Å². The Morgan fingerprint density at radius 1 is 1.56 bits per heavy atom. The number of anilines is 1. The van der Waals surface area contributed by atoms with Crippen LogP contribution in [0.1, 0.15) is 18.3 Å². The van der Waals surface area contributed by atoms with Gasteiger partial charge in [-0.25, -0.2) is 4.98 Å². The van der Waals surface area contributed by atoms with E-state index in [0.717, 1.165) is 11.4 Å². The molecule has 98 valence electrons. The molecule has 0 atom stereocenters. The molecule has 2 N–H and O–H groups in total. The van der Waals surface area contributed by atoms with Crippen molar-refractivity contribution in [1.29, 1.82) is 0 Å². The first-order chi connectivity index (χ1) is 8.13. The van der Waals surface area contributed by atoms with Crippen LogP contribution in [0.2, 0.25) is 0 Å².